The summed E-state index contributed by atoms with van der Waals surface area (Å²) in [7, 11) is 0. The van der Waals surface area contributed by atoms with E-state index < -0.39 is 0 Å². The summed E-state index contributed by atoms with van der Waals surface area (Å²) in [5.74, 6) is 0.316. The Morgan fingerprint density at radius 3 is 2.11 bits per heavy atom. The van der Waals surface area contributed by atoms with Crippen LogP contribution in [0.2, 0.25) is 0 Å². The lowest BCUT2D eigenvalue weighted by atomic mass is 9.97. The molecular weight excluding hydrogens is 470 g/mol. The van der Waals surface area contributed by atoms with E-state index in [9.17, 15) is 19.6 Å². The van der Waals surface area contributed by atoms with Crippen LogP contribution in [0.4, 0.5) is 5.69 Å². The first kappa shape index (κ1) is 25.6. The van der Waals surface area contributed by atoms with Gasteiger partial charge in [-0.3, -0.25) is 9.59 Å². The van der Waals surface area contributed by atoms with Crippen molar-refractivity contribution in [2.75, 3.05) is 13.2 Å². The number of phenols is 1. The molecule has 0 radical (unpaired) electrons. The third-order valence-electron chi connectivity index (χ3n) is 5.90. The smallest absolute Gasteiger partial charge is 0.196 e. The van der Waals surface area contributed by atoms with E-state index in [-0.39, 0.29) is 34.1 Å². The van der Waals surface area contributed by atoms with Gasteiger partial charge < -0.3 is 14.6 Å². The highest BCUT2D eigenvalue weighted by Gasteiger charge is 2.17. The van der Waals surface area contributed by atoms with Crippen LogP contribution in [0, 0.1) is 4.91 Å². The molecule has 0 bridgehead atoms. The van der Waals surface area contributed by atoms with Crippen LogP contribution in [-0.4, -0.2) is 29.9 Å². The second-order valence-electron chi connectivity index (χ2n) is 8.52. The summed E-state index contributed by atoms with van der Waals surface area (Å²) in [6, 6.07) is 18.1. The molecule has 1 N–H and O–H groups in total. The second kappa shape index (κ2) is 12.4. The average Bonchev–Trinajstić information content (AvgIpc) is 2.95. The Hall–Kier alpha value is -4.52. The van der Waals surface area contributed by atoms with Crippen LogP contribution in [0.15, 0.2) is 95.7 Å². The number of aromatic hydroxyl groups is 1. The lowest BCUT2D eigenvalue weighted by molar-refractivity contribution is 0.102. The molecule has 0 unspecified atom stereocenters. The number of rotatable bonds is 12. The fourth-order valence-electron chi connectivity index (χ4n) is 3.93. The van der Waals surface area contributed by atoms with Crippen molar-refractivity contribution >= 4 is 17.3 Å². The molecule has 0 amide bonds. The van der Waals surface area contributed by atoms with Crippen LogP contribution in [0.25, 0.3) is 0 Å². The van der Waals surface area contributed by atoms with Gasteiger partial charge in [0.1, 0.15) is 22.9 Å². The average molecular weight is 498 g/mol. The quantitative estimate of drug-likeness (QED) is 0.169. The molecule has 3 aromatic carbocycles. The summed E-state index contributed by atoms with van der Waals surface area (Å²) in [5.41, 5.74) is 1.60. The summed E-state index contributed by atoms with van der Waals surface area (Å²) in [6.07, 6.45) is 8.63. The monoisotopic (exact) mass is 497 g/mol. The van der Waals surface area contributed by atoms with Crippen molar-refractivity contribution in [3.8, 4) is 17.2 Å². The standard InChI is InChI=1S/C30H27NO6/c32-28-20-24(14-16-26(28)30(34)22-11-5-2-6-12-22)37-18-8-7-17-36-23-13-15-25(27(19-23)31-35)29(33)21-9-3-1-4-10-21/h2-3,5-6,9-16,19-20,32H,1,4,7-8,17-18H2. The maximum absolute atomic E-state index is 12.7. The topological polar surface area (TPSA) is 102 Å². The molecule has 7 heteroatoms. The Kier molecular flexibility index (Phi) is 8.60. The highest BCUT2D eigenvalue weighted by molar-refractivity contribution is 6.13. The second-order valence-corrected chi connectivity index (χ2v) is 8.52. The molecule has 1 aliphatic rings. The molecule has 37 heavy (non-hydrogen) atoms. The van der Waals surface area contributed by atoms with Gasteiger partial charge in [0.2, 0.25) is 0 Å². The third-order valence-corrected chi connectivity index (χ3v) is 5.90. The Labute approximate surface area is 215 Å². The molecule has 4 rings (SSSR count). The molecule has 0 saturated carbocycles. The first-order valence-electron chi connectivity index (χ1n) is 12.1. The first-order chi connectivity index (χ1) is 18.1. The lowest BCUT2D eigenvalue weighted by Gasteiger charge is -2.11. The summed E-state index contributed by atoms with van der Waals surface area (Å²) >= 11 is 0. The Balaban J connectivity index is 1.23. The molecule has 0 heterocycles. The summed E-state index contributed by atoms with van der Waals surface area (Å²) in [4.78, 5) is 36.5. The van der Waals surface area contributed by atoms with Crippen molar-refractivity contribution in [1.29, 1.82) is 0 Å². The highest BCUT2D eigenvalue weighted by atomic mass is 16.5. The van der Waals surface area contributed by atoms with E-state index in [1.807, 2.05) is 18.2 Å². The molecule has 0 fully saturated rings. The fraction of sp³-hybridized carbons (Fsp3) is 0.200. The summed E-state index contributed by atoms with van der Waals surface area (Å²) < 4.78 is 11.4. The number of phenolic OH excluding ortho intramolecular Hbond substituents is 1. The van der Waals surface area contributed by atoms with Gasteiger partial charge in [0.25, 0.3) is 0 Å². The van der Waals surface area contributed by atoms with E-state index in [2.05, 4.69) is 5.18 Å². The van der Waals surface area contributed by atoms with Crippen LogP contribution in [0.1, 0.15) is 52.0 Å². The van der Waals surface area contributed by atoms with Crippen LogP contribution in [-0.2, 0) is 0 Å². The number of nitroso groups, excluding NO2 is 1. The maximum atomic E-state index is 12.7. The van der Waals surface area contributed by atoms with Crippen molar-refractivity contribution < 1.29 is 24.2 Å². The van der Waals surface area contributed by atoms with Gasteiger partial charge in [-0.05, 0) is 55.1 Å². The van der Waals surface area contributed by atoms with Crippen LogP contribution in [0.3, 0.4) is 0 Å². The number of Topliss-reactive ketones (excluding diaryl/α,β-unsaturated/α-hetero) is 1. The zero-order chi connectivity index (χ0) is 26.0. The van der Waals surface area contributed by atoms with E-state index in [1.54, 1.807) is 54.6 Å². The number of allylic oxidation sites excluding steroid dienone is 4. The Bertz CT molecular complexity index is 1340. The predicted octanol–water partition coefficient (Wildman–Crippen LogP) is 6.72. The number of carbonyl (C=O) groups is 2. The minimum atomic E-state index is -0.255. The molecule has 7 nitrogen and oxygen atoms in total. The van der Waals surface area contributed by atoms with Crippen LogP contribution in [0.5, 0.6) is 17.2 Å². The van der Waals surface area contributed by atoms with Crippen molar-refractivity contribution in [2.24, 2.45) is 5.18 Å². The van der Waals surface area contributed by atoms with Crippen molar-refractivity contribution in [2.45, 2.75) is 25.7 Å². The number of nitrogens with zero attached hydrogens (tertiary/aromatic N) is 1. The molecule has 0 spiro atoms. The van der Waals surface area contributed by atoms with Gasteiger partial charge in [-0.25, -0.2) is 0 Å². The summed E-state index contributed by atoms with van der Waals surface area (Å²) in [5, 5.41) is 13.3. The lowest BCUT2D eigenvalue weighted by Crippen LogP contribution is -2.05. The van der Waals surface area contributed by atoms with Crippen molar-refractivity contribution in [3.63, 3.8) is 0 Å². The van der Waals surface area contributed by atoms with E-state index in [4.69, 9.17) is 9.47 Å². The maximum Gasteiger partial charge on any atom is 0.196 e. The molecular formula is C30H27NO6. The zero-order valence-corrected chi connectivity index (χ0v) is 20.3. The predicted molar refractivity (Wildman–Crippen MR) is 141 cm³/mol. The summed E-state index contributed by atoms with van der Waals surface area (Å²) in [6.45, 7) is 0.782. The Morgan fingerprint density at radius 2 is 1.49 bits per heavy atom. The SMILES string of the molecule is O=Nc1cc(OCCCCOc2ccc(C(=O)c3ccccc3)c(O)c2)ccc1C(=O)C1=CCCC=C1. The van der Waals surface area contributed by atoms with Crippen LogP contribution < -0.4 is 9.47 Å². The molecule has 3 aromatic rings. The molecule has 188 valence electrons. The molecule has 0 atom stereocenters. The molecule has 0 aliphatic heterocycles. The van der Waals surface area contributed by atoms with Gasteiger partial charge >= 0.3 is 0 Å². The fourth-order valence-corrected chi connectivity index (χ4v) is 3.93. The molecule has 0 saturated heterocycles. The van der Waals surface area contributed by atoms with Crippen molar-refractivity contribution in [3.05, 3.63) is 112 Å². The van der Waals surface area contributed by atoms with E-state index in [1.165, 1.54) is 12.1 Å². The number of carbonyl (C=O) groups excluding carboxylic acids is 2. The van der Waals surface area contributed by atoms with E-state index >= 15 is 0 Å². The highest BCUT2D eigenvalue weighted by Crippen LogP contribution is 2.29. The minimum absolute atomic E-state index is 0.0553. The van der Waals surface area contributed by atoms with Gasteiger partial charge in [0.05, 0.1) is 24.3 Å². The zero-order valence-electron chi connectivity index (χ0n) is 20.3. The van der Waals surface area contributed by atoms with Gasteiger partial charge in [0.15, 0.2) is 11.6 Å². The van der Waals surface area contributed by atoms with Crippen molar-refractivity contribution in [1.82, 2.24) is 0 Å². The number of ether oxygens (including phenoxy) is 2. The largest absolute Gasteiger partial charge is 0.507 e. The van der Waals surface area contributed by atoms with Gasteiger partial charge in [-0.15, -0.1) is 4.91 Å². The minimum Gasteiger partial charge on any atom is -0.507 e. The Morgan fingerprint density at radius 1 is 0.811 bits per heavy atom. The van der Waals surface area contributed by atoms with Gasteiger partial charge in [-0.1, -0.05) is 48.6 Å². The number of hydrogen-bond acceptors (Lipinski definition) is 7. The number of unbranched alkanes of at least 4 members (excludes halogenated alkanes) is 1. The number of ketones is 2. The van der Waals surface area contributed by atoms with Gasteiger partial charge in [-0.2, -0.15) is 0 Å². The first-order valence-corrected chi connectivity index (χ1v) is 12.1. The van der Waals surface area contributed by atoms with E-state index in [0.29, 0.717) is 48.7 Å². The van der Waals surface area contributed by atoms with Gasteiger partial charge in [0, 0.05) is 23.3 Å². The third kappa shape index (κ3) is 6.58. The molecule has 0 aromatic heterocycles. The normalized spacial score (nSPS) is 12.5. The van der Waals surface area contributed by atoms with Crippen LogP contribution >= 0.6 is 0 Å². The molecule has 1 aliphatic carbocycles. The number of benzene rings is 3. The van der Waals surface area contributed by atoms with E-state index in [0.717, 1.165) is 12.8 Å². The number of hydrogen-bond donors (Lipinski definition) is 1.